The normalized spacial score (nSPS) is 12.3. The van der Waals surface area contributed by atoms with E-state index in [0.717, 1.165) is 12.1 Å². The number of carbonyl (C=O) groups is 1. The maximum absolute atomic E-state index is 13.7. The summed E-state index contributed by atoms with van der Waals surface area (Å²) in [6.07, 6.45) is 4.05. The van der Waals surface area contributed by atoms with Gasteiger partial charge in [-0.05, 0) is 28.9 Å². The highest BCUT2D eigenvalue weighted by Gasteiger charge is 2.20. The fraction of sp³-hybridized carbons (Fsp3) is 0.250. The summed E-state index contributed by atoms with van der Waals surface area (Å²) >= 11 is 3.03. The lowest BCUT2D eigenvalue weighted by Crippen LogP contribution is -2.36. The van der Waals surface area contributed by atoms with Gasteiger partial charge in [0.15, 0.2) is 6.10 Å². The molecule has 114 valence electrons. The molecule has 0 fully saturated rings. The molecule has 1 aromatic rings. The summed E-state index contributed by atoms with van der Waals surface area (Å²) in [6.45, 7) is 1.47. The summed E-state index contributed by atoms with van der Waals surface area (Å²) < 4.78 is 41.4. The number of nitrogens with one attached hydrogen (secondary N) is 1. The first-order chi connectivity index (χ1) is 9.66. The van der Waals surface area contributed by atoms with E-state index in [1.54, 1.807) is 0 Å². The predicted molar refractivity (Wildman–Crippen MR) is 77.4 cm³/mol. The fourth-order valence-electron chi connectivity index (χ4n) is 1.34. The number of rotatable bonds is 5. The van der Waals surface area contributed by atoms with Gasteiger partial charge in [0.05, 0.1) is 11.0 Å². The van der Waals surface area contributed by atoms with E-state index in [-0.39, 0.29) is 16.8 Å². The van der Waals surface area contributed by atoms with Crippen LogP contribution in [0.3, 0.4) is 0 Å². The number of nitrogens with two attached hydrogens (primary N) is 1. The van der Waals surface area contributed by atoms with Crippen LogP contribution in [0.2, 0.25) is 0 Å². The van der Waals surface area contributed by atoms with E-state index < -0.39 is 32.7 Å². The van der Waals surface area contributed by atoms with E-state index in [4.69, 9.17) is 16.3 Å². The predicted octanol–water partition coefficient (Wildman–Crippen LogP) is 0.752. The molecule has 1 aromatic carbocycles. The Morgan fingerprint density at radius 1 is 1.62 bits per heavy atom. The van der Waals surface area contributed by atoms with Gasteiger partial charge in [0.2, 0.25) is 10.0 Å². The van der Waals surface area contributed by atoms with Crippen molar-refractivity contribution in [2.75, 3.05) is 6.54 Å². The van der Waals surface area contributed by atoms with Crippen LogP contribution in [0.5, 0.6) is 5.75 Å². The van der Waals surface area contributed by atoms with Crippen LogP contribution >= 0.6 is 15.9 Å². The number of hydrogen-bond acceptors (Lipinski definition) is 4. The molecular weight excluding hydrogens is 367 g/mol. The number of ether oxygens (including phenoxy) is 1. The molecule has 1 rings (SSSR count). The molecule has 0 heterocycles. The van der Waals surface area contributed by atoms with Crippen molar-refractivity contribution in [2.24, 2.45) is 5.14 Å². The third-order valence-electron chi connectivity index (χ3n) is 2.33. The van der Waals surface area contributed by atoms with Crippen molar-refractivity contribution in [2.45, 2.75) is 17.9 Å². The Morgan fingerprint density at radius 3 is 2.76 bits per heavy atom. The van der Waals surface area contributed by atoms with E-state index in [1.165, 1.54) is 6.92 Å². The Labute approximate surface area is 130 Å². The Morgan fingerprint density at radius 2 is 2.24 bits per heavy atom. The summed E-state index contributed by atoms with van der Waals surface area (Å²) in [5, 5.41) is 7.27. The van der Waals surface area contributed by atoms with Gasteiger partial charge in [-0.1, -0.05) is 5.92 Å². The average molecular weight is 379 g/mol. The molecular formula is C12H12BrFN2O4S. The summed E-state index contributed by atoms with van der Waals surface area (Å²) in [5.74, 6) is 0.619. The van der Waals surface area contributed by atoms with Crippen LogP contribution in [0, 0.1) is 18.2 Å². The molecule has 3 N–H and O–H groups in total. The molecule has 0 aliphatic rings. The van der Waals surface area contributed by atoms with Gasteiger partial charge in [0, 0.05) is 6.07 Å². The lowest BCUT2D eigenvalue weighted by atomic mass is 10.3. The number of hydrogen-bond donors (Lipinski definition) is 2. The number of halogens is 2. The monoisotopic (exact) mass is 378 g/mol. The van der Waals surface area contributed by atoms with Gasteiger partial charge in [-0.2, -0.15) is 0 Å². The fourth-order valence-corrected chi connectivity index (χ4v) is 2.55. The molecule has 1 amide bonds. The lowest BCUT2D eigenvalue weighted by molar-refractivity contribution is -0.127. The number of primary sulfonamides is 1. The molecule has 0 radical (unpaired) electrons. The molecule has 21 heavy (non-hydrogen) atoms. The van der Waals surface area contributed by atoms with Crippen molar-refractivity contribution in [3.8, 4) is 18.1 Å². The SMILES string of the molecule is C#CCNC(=O)C(C)Oc1cc(F)c(S(N)(=O)=O)cc1Br. The van der Waals surface area contributed by atoms with E-state index >= 15 is 0 Å². The zero-order valence-corrected chi connectivity index (χ0v) is 13.3. The molecule has 0 saturated carbocycles. The van der Waals surface area contributed by atoms with Crippen LogP contribution in [0.4, 0.5) is 4.39 Å². The van der Waals surface area contributed by atoms with Gasteiger partial charge in [-0.25, -0.2) is 17.9 Å². The first kappa shape index (κ1) is 17.4. The molecule has 0 aromatic heterocycles. The first-order valence-corrected chi connectivity index (χ1v) is 7.90. The minimum absolute atomic E-state index is 0.0341. The zero-order chi connectivity index (χ0) is 16.2. The minimum atomic E-state index is -4.19. The highest BCUT2D eigenvalue weighted by Crippen LogP contribution is 2.30. The van der Waals surface area contributed by atoms with Crippen molar-refractivity contribution in [3.63, 3.8) is 0 Å². The van der Waals surface area contributed by atoms with Crippen molar-refractivity contribution in [1.29, 1.82) is 0 Å². The van der Waals surface area contributed by atoms with Crippen LogP contribution in [-0.2, 0) is 14.8 Å². The number of terminal acetylenes is 1. The minimum Gasteiger partial charge on any atom is -0.480 e. The third kappa shape index (κ3) is 4.70. The van der Waals surface area contributed by atoms with Crippen molar-refractivity contribution < 1.29 is 22.3 Å². The molecule has 1 unspecified atom stereocenters. The van der Waals surface area contributed by atoms with Gasteiger partial charge < -0.3 is 10.1 Å². The van der Waals surface area contributed by atoms with Gasteiger partial charge in [-0.3, -0.25) is 4.79 Å². The highest BCUT2D eigenvalue weighted by molar-refractivity contribution is 9.10. The molecule has 0 bridgehead atoms. The van der Waals surface area contributed by atoms with Crippen molar-refractivity contribution >= 4 is 31.9 Å². The average Bonchev–Trinajstić information content (AvgIpc) is 2.38. The molecule has 0 spiro atoms. The Hall–Kier alpha value is -1.63. The molecule has 6 nitrogen and oxygen atoms in total. The van der Waals surface area contributed by atoms with Crippen LogP contribution in [-0.4, -0.2) is 27.0 Å². The first-order valence-electron chi connectivity index (χ1n) is 5.56. The summed E-state index contributed by atoms with van der Waals surface area (Å²) in [5.41, 5.74) is 0. The lowest BCUT2D eigenvalue weighted by Gasteiger charge is -2.15. The van der Waals surface area contributed by atoms with Gasteiger partial charge in [-0.15, -0.1) is 6.42 Å². The van der Waals surface area contributed by atoms with Crippen LogP contribution < -0.4 is 15.2 Å². The Bertz CT molecular complexity index is 700. The van der Waals surface area contributed by atoms with E-state index in [0.29, 0.717) is 0 Å². The topological polar surface area (TPSA) is 98.5 Å². The Kier molecular flexibility index (Phi) is 5.71. The number of carbonyl (C=O) groups excluding carboxylic acids is 1. The van der Waals surface area contributed by atoms with Gasteiger partial charge in [0.1, 0.15) is 16.5 Å². The van der Waals surface area contributed by atoms with E-state index in [9.17, 15) is 17.6 Å². The van der Waals surface area contributed by atoms with E-state index in [1.807, 2.05) is 0 Å². The molecule has 9 heteroatoms. The smallest absolute Gasteiger partial charge is 0.261 e. The van der Waals surface area contributed by atoms with Gasteiger partial charge >= 0.3 is 0 Å². The van der Waals surface area contributed by atoms with Crippen LogP contribution in [0.25, 0.3) is 0 Å². The van der Waals surface area contributed by atoms with E-state index in [2.05, 4.69) is 27.2 Å². The van der Waals surface area contributed by atoms with Crippen LogP contribution in [0.15, 0.2) is 21.5 Å². The molecule has 0 saturated heterocycles. The quantitative estimate of drug-likeness (QED) is 0.738. The van der Waals surface area contributed by atoms with Gasteiger partial charge in [0.25, 0.3) is 5.91 Å². The number of benzene rings is 1. The standard InChI is InChI=1S/C12H12BrFN2O4S/c1-3-4-16-12(17)7(2)20-10-6-9(14)11(5-8(10)13)21(15,18)19/h1,5-7H,4H2,2H3,(H,16,17)(H2,15,18,19). The Balaban J connectivity index is 2.99. The maximum Gasteiger partial charge on any atom is 0.261 e. The summed E-state index contributed by atoms with van der Waals surface area (Å²) in [6, 6.07) is 1.79. The maximum atomic E-state index is 13.7. The molecule has 0 aliphatic heterocycles. The largest absolute Gasteiger partial charge is 0.480 e. The molecule has 0 aliphatic carbocycles. The second-order valence-corrected chi connectivity index (χ2v) is 6.32. The summed E-state index contributed by atoms with van der Waals surface area (Å²) in [4.78, 5) is 10.9. The molecule has 1 atom stereocenters. The highest BCUT2D eigenvalue weighted by atomic mass is 79.9. The van der Waals surface area contributed by atoms with Crippen molar-refractivity contribution in [1.82, 2.24) is 5.32 Å². The number of sulfonamides is 1. The second kappa shape index (κ2) is 6.89. The zero-order valence-electron chi connectivity index (χ0n) is 10.9. The number of amides is 1. The van der Waals surface area contributed by atoms with Crippen molar-refractivity contribution in [3.05, 3.63) is 22.4 Å². The third-order valence-corrected chi connectivity index (χ3v) is 3.88. The summed E-state index contributed by atoms with van der Waals surface area (Å²) in [7, 11) is -4.19. The second-order valence-electron chi connectivity index (χ2n) is 3.94. The van der Waals surface area contributed by atoms with Crippen LogP contribution in [0.1, 0.15) is 6.92 Å².